The lowest BCUT2D eigenvalue weighted by Gasteiger charge is -2.29. The third-order valence-electron chi connectivity index (χ3n) is 8.72. The van der Waals surface area contributed by atoms with E-state index in [0.29, 0.717) is 67.0 Å². The van der Waals surface area contributed by atoms with Crippen LogP contribution < -0.4 is 19.3 Å². The van der Waals surface area contributed by atoms with Crippen LogP contribution in [0.3, 0.4) is 0 Å². The fraction of sp³-hybridized carbons (Fsp3) is 0.0526. The number of benzene rings is 6. The summed E-state index contributed by atoms with van der Waals surface area (Å²) in [5.41, 5.74) is 3.81. The second-order valence-electron chi connectivity index (χ2n) is 11.1. The van der Waals surface area contributed by atoms with Crippen molar-refractivity contribution in [3.63, 3.8) is 0 Å². The summed E-state index contributed by atoms with van der Waals surface area (Å²) in [7, 11) is 2.96. The minimum Gasteiger partial charge on any atom is -0.495 e. The Kier molecular flexibility index (Phi) is 6.01. The molecule has 222 valence electrons. The number of imide groups is 2. The summed E-state index contributed by atoms with van der Waals surface area (Å²) in [5, 5.41) is 2.94. The molecule has 2 heterocycles. The van der Waals surface area contributed by atoms with Gasteiger partial charge in [-0.05, 0) is 70.4 Å². The molecule has 8 heteroatoms. The number of carbonyl (C=O) groups excluding carboxylic acids is 4. The first-order chi connectivity index (χ1) is 22.4. The van der Waals surface area contributed by atoms with Crippen molar-refractivity contribution in [3.8, 4) is 22.6 Å². The Morgan fingerprint density at radius 2 is 0.761 bits per heavy atom. The first-order valence-electron chi connectivity index (χ1n) is 14.6. The zero-order chi connectivity index (χ0) is 31.7. The number of nitrogens with zero attached hydrogens (tertiary/aromatic N) is 2. The quantitative estimate of drug-likeness (QED) is 0.192. The maximum Gasteiger partial charge on any atom is 0.266 e. The lowest BCUT2D eigenvalue weighted by molar-refractivity contribution is 0.0877. The summed E-state index contributed by atoms with van der Waals surface area (Å²) in [6, 6.07) is 32.0. The molecule has 0 aromatic heterocycles. The number of rotatable bonds is 5. The van der Waals surface area contributed by atoms with Gasteiger partial charge in [-0.2, -0.15) is 0 Å². The monoisotopic (exact) mass is 604 g/mol. The van der Waals surface area contributed by atoms with Gasteiger partial charge in [0.2, 0.25) is 0 Å². The van der Waals surface area contributed by atoms with Crippen LogP contribution in [-0.4, -0.2) is 37.8 Å². The fourth-order valence-electron chi connectivity index (χ4n) is 6.58. The van der Waals surface area contributed by atoms with Gasteiger partial charge in [0.05, 0.1) is 25.6 Å². The highest BCUT2D eigenvalue weighted by Crippen LogP contribution is 2.42. The number of carbonyl (C=O) groups is 4. The maximum atomic E-state index is 13.7. The van der Waals surface area contributed by atoms with Crippen molar-refractivity contribution in [2.75, 3.05) is 24.0 Å². The molecule has 6 aromatic carbocycles. The molecule has 6 aromatic rings. The van der Waals surface area contributed by atoms with Gasteiger partial charge in [0.1, 0.15) is 11.5 Å². The van der Waals surface area contributed by atoms with E-state index in [9.17, 15) is 19.2 Å². The van der Waals surface area contributed by atoms with Crippen LogP contribution in [-0.2, 0) is 0 Å². The minimum absolute atomic E-state index is 0.314. The maximum absolute atomic E-state index is 13.7. The van der Waals surface area contributed by atoms with Gasteiger partial charge in [-0.3, -0.25) is 19.2 Å². The van der Waals surface area contributed by atoms with Gasteiger partial charge in [0.15, 0.2) is 0 Å². The summed E-state index contributed by atoms with van der Waals surface area (Å²) in [5.74, 6) is -1.09. The standard InChI is InChI=1S/C38H24N2O6/c1-45-31-19-23(15-17-29(31)39-35(41)25-11-3-7-21-8-4-12-26(33(21)25)36(39)42)24-16-18-30(32(20-24)46-2)40-37(43)27-13-5-9-22-10-6-14-28(34(22)27)38(40)44/h3-20H,1-2H3. The Labute approximate surface area is 263 Å². The molecule has 2 aliphatic heterocycles. The molecule has 0 unspecified atom stereocenters. The van der Waals surface area contributed by atoms with Crippen LogP contribution in [0.5, 0.6) is 11.5 Å². The largest absolute Gasteiger partial charge is 0.495 e. The van der Waals surface area contributed by atoms with Crippen molar-refractivity contribution in [2.45, 2.75) is 0 Å². The lowest BCUT2D eigenvalue weighted by atomic mass is 9.93. The molecular weight excluding hydrogens is 580 g/mol. The van der Waals surface area contributed by atoms with Crippen LogP contribution in [0.2, 0.25) is 0 Å². The molecule has 0 fully saturated rings. The van der Waals surface area contributed by atoms with E-state index in [2.05, 4.69) is 0 Å². The average molecular weight is 605 g/mol. The van der Waals surface area contributed by atoms with E-state index in [1.807, 2.05) is 24.3 Å². The van der Waals surface area contributed by atoms with Gasteiger partial charge in [-0.25, -0.2) is 9.80 Å². The highest BCUT2D eigenvalue weighted by molar-refractivity contribution is 6.37. The Hall–Kier alpha value is -6.28. The molecule has 46 heavy (non-hydrogen) atoms. The third kappa shape index (κ3) is 3.80. The van der Waals surface area contributed by atoms with Gasteiger partial charge >= 0.3 is 0 Å². The number of ether oxygens (including phenoxy) is 2. The van der Waals surface area contributed by atoms with Crippen molar-refractivity contribution in [3.05, 3.63) is 131 Å². The average Bonchev–Trinajstić information content (AvgIpc) is 3.09. The summed E-state index contributed by atoms with van der Waals surface area (Å²) in [4.78, 5) is 57.0. The smallest absolute Gasteiger partial charge is 0.266 e. The molecule has 0 saturated carbocycles. The number of anilines is 2. The molecule has 0 atom stereocenters. The number of amides is 4. The van der Waals surface area contributed by atoms with E-state index in [-0.39, 0.29) is 0 Å². The molecule has 0 radical (unpaired) electrons. The molecular formula is C38H24N2O6. The van der Waals surface area contributed by atoms with E-state index in [0.717, 1.165) is 20.6 Å². The van der Waals surface area contributed by atoms with Crippen molar-refractivity contribution >= 4 is 56.5 Å². The topological polar surface area (TPSA) is 93.2 Å². The molecule has 0 aliphatic carbocycles. The van der Waals surface area contributed by atoms with Crippen molar-refractivity contribution < 1.29 is 28.7 Å². The third-order valence-corrected chi connectivity index (χ3v) is 8.72. The van der Waals surface area contributed by atoms with Crippen LogP contribution in [0.25, 0.3) is 32.7 Å². The Morgan fingerprint density at radius 3 is 1.07 bits per heavy atom. The van der Waals surface area contributed by atoms with Crippen LogP contribution >= 0.6 is 0 Å². The molecule has 0 saturated heterocycles. The van der Waals surface area contributed by atoms with E-state index in [1.165, 1.54) is 14.2 Å². The second kappa shape index (κ2) is 10.1. The first kappa shape index (κ1) is 27.3. The Balaban J connectivity index is 1.17. The normalized spacial score (nSPS) is 14.0. The fourth-order valence-corrected chi connectivity index (χ4v) is 6.58. The summed E-state index contributed by atoms with van der Waals surface area (Å²) >= 11 is 0. The molecule has 0 spiro atoms. The molecule has 2 aliphatic rings. The number of hydrogen-bond donors (Lipinski definition) is 0. The first-order valence-corrected chi connectivity index (χ1v) is 14.6. The summed E-state index contributed by atoms with van der Waals surface area (Å²) < 4.78 is 11.4. The zero-order valence-corrected chi connectivity index (χ0v) is 24.7. The van der Waals surface area contributed by atoms with E-state index in [1.54, 1.807) is 84.9 Å². The van der Waals surface area contributed by atoms with Gasteiger partial charge in [0, 0.05) is 33.0 Å². The van der Waals surface area contributed by atoms with Crippen LogP contribution in [0.1, 0.15) is 41.4 Å². The lowest BCUT2D eigenvalue weighted by Crippen LogP contribution is -2.40. The van der Waals surface area contributed by atoms with Gasteiger partial charge in [-0.1, -0.05) is 60.7 Å². The molecule has 8 rings (SSSR count). The van der Waals surface area contributed by atoms with Crippen LogP contribution in [0.4, 0.5) is 11.4 Å². The highest BCUT2D eigenvalue weighted by Gasteiger charge is 2.37. The predicted molar refractivity (Wildman–Crippen MR) is 175 cm³/mol. The number of methoxy groups -OCH3 is 2. The zero-order valence-electron chi connectivity index (χ0n) is 24.7. The van der Waals surface area contributed by atoms with E-state index < -0.39 is 23.6 Å². The summed E-state index contributed by atoms with van der Waals surface area (Å²) in [6.45, 7) is 0. The second-order valence-corrected chi connectivity index (χ2v) is 11.1. The van der Waals surface area contributed by atoms with Crippen molar-refractivity contribution in [2.24, 2.45) is 0 Å². The molecule has 0 bridgehead atoms. The Bertz CT molecular complexity index is 2080. The van der Waals surface area contributed by atoms with Crippen LogP contribution in [0.15, 0.2) is 109 Å². The van der Waals surface area contributed by atoms with Crippen molar-refractivity contribution in [1.29, 1.82) is 0 Å². The van der Waals surface area contributed by atoms with E-state index in [4.69, 9.17) is 9.47 Å². The van der Waals surface area contributed by atoms with Gasteiger partial charge < -0.3 is 9.47 Å². The SMILES string of the molecule is COc1cc(-c2ccc(N3C(=O)c4cccc5cccc(c45)C3=O)c(OC)c2)ccc1N1C(=O)c2cccc3cccc(c23)C1=O. The Morgan fingerprint density at radius 1 is 0.435 bits per heavy atom. The summed E-state index contributed by atoms with van der Waals surface area (Å²) in [6.07, 6.45) is 0. The van der Waals surface area contributed by atoms with E-state index >= 15 is 0 Å². The van der Waals surface area contributed by atoms with Gasteiger partial charge in [0.25, 0.3) is 23.6 Å². The molecule has 8 nitrogen and oxygen atoms in total. The predicted octanol–water partition coefficient (Wildman–Crippen LogP) is 7.28. The number of hydrogen-bond acceptors (Lipinski definition) is 6. The van der Waals surface area contributed by atoms with Crippen molar-refractivity contribution in [1.82, 2.24) is 0 Å². The molecule has 0 N–H and O–H groups in total. The van der Waals surface area contributed by atoms with Gasteiger partial charge in [-0.15, -0.1) is 0 Å². The molecule has 4 amide bonds. The van der Waals surface area contributed by atoms with Crippen LogP contribution in [0, 0.1) is 0 Å². The minimum atomic E-state index is -0.431. The highest BCUT2D eigenvalue weighted by atomic mass is 16.5.